The molecule has 2 N–H and O–H groups in total. The molecular weight excluding hydrogens is 304 g/mol. The van der Waals surface area contributed by atoms with Gasteiger partial charge in [-0.1, -0.05) is 83.6 Å². The molecule has 136 valence electrons. The first kappa shape index (κ1) is 21.1. The molecule has 0 aliphatic heterocycles. The van der Waals surface area contributed by atoms with Gasteiger partial charge in [0.25, 0.3) is 0 Å². The third kappa shape index (κ3) is 9.83. The Morgan fingerprint density at radius 3 is 2.12 bits per heavy atom. The zero-order valence-corrected chi connectivity index (χ0v) is 16.3. The van der Waals surface area contributed by atoms with E-state index in [9.17, 15) is 0 Å². The molecule has 0 bridgehead atoms. The summed E-state index contributed by atoms with van der Waals surface area (Å²) >= 11 is 0. The van der Waals surface area contributed by atoms with E-state index >= 15 is 0 Å². The van der Waals surface area contributed by atoms with E-state index in [4.69, 9.17) is 11.0 Å². The van der Waals surface area contributed by atoms with Crippen LogP contribution in [0.5, 0.6) is 0 Å². The normalized spacial score (nSPS) is 10.8. The van der Waals surface area contributed by atoms with Crippen LogP contribution in [0, 0.1) is 28.6 Å². The number of nitriles is 1. The van der Waals surface area contributed by atoms with Gasteiger partial charge in [0.05, 0.1) is 11.3 Å². The standard InChI is InChI=1S/C23H34N2/c1-23(2,3)18-13-11-9-7-5-4-6-8-10-12-15-20-16-14-17-22(25)21(20)19-24/h14,16-17H,4-11,13,18,25H2,1-3H3. The number of benzene rings is 1. The van der Waals surface area contributed by atoms with E-state index in [0.717, 1.165) is 18.4 Å². The van der Waals surface area contributed by atoms with Crippen LogP contribution in [-0.2, 0) is 0 Å². The molecule has 0 heterocycles. The largest absolute Gasteiger partial charge is 0.398 e. The van der Waals surface area contributed by atoms with Crippen LogP contribution >= 0.6 is 0 Å². The van der Waals surface area contributed by atoms with E-state index < -0.39 is 0 Å². The number of nitrogen functional groups attached to an aromatic ring is 1. The summed E-state index contributed by atoms with van der Waals surface area (Å²) in [6.07, 6.45) is 12.8. The quantitative estimate of drug-likeness (QED) is 0.320. The Morgan fingerprint density at radius 1 is 0.920 bits per heavy atom. The molecule has 2 nitrogen and oxygen atoms in total. The number of hydrogen-bond donors (Lipinski definition) is 1. The number of anilines is 1. The summed E-state index contributed by atoms with van der Waals surface area (Å²) in [5.74, 6) is 6.27. The van der Waals surface area contributed by atoms with Crippen molar-refractivity contribution in [1.29, 1.82) is 5.26 Å². The molecule has 25 heavy (non-hydrogen) atoms. The van der Waals surface area contributed by atoms with Crippen molar-refractivity contribution in [1.82, 2.24) is 0 Å². The van der Waals surface area contributed by atoms with Gasteiger partial charge >= 0.3 is 0 Å². The second-order valence-corrected chi connectivity index (χ2v) is 8.07. The second kappa shape index (κ2) is 11.6. The van der Waals surface area contributed by atoms with E-state index in [1.165, 1.54) is 51.4 Å². The molecule has 0 amide bonds. The number of unbranched alkanes of at least 4 members (excludes halogenated alkanes) is 8. The lowest BCUT2D eigenvalue weighted by atomic mass is 9.89. The minimum atomic E-state index is 0.487. The van der Waals surface area contributed by atoms with E-state index in [0.29, 0.717) is 16.7 Å². The van der Waals surface area contributed by atoms with Crippen molar-refractivity contribution < 1.29 is 0 Å². The molecule has 0 spiro atoms. The fourth-order valence-corrected chi connectivity index (χ4v) is 2.89. The van der Waals surface area contributed by atoms with Crippen molar-refractivity contribution in [2.75, 3.05) is 5.73 Å². The minimum absolute atomic E-state index is 0.487. The third-order valence-electron chi connectivity index (χ3n) is 4.41. The van der Waals surface area contributed by atoms with Gasteiger partial charge in [-0.3, -0.25) is 0 Å². The molecule has 0 aliphatic rings. The van der Waals surface area contributed by atoms with Gasteiger partial charge in [0.15, 0.2) is 0 Å². The van der Waals surface area contributed by atoms with Crippen molar-refractivity contribution in [3.63, 3.8) is 0 Å². The Bertz CT molecular complexity index is 606. The summed E-state index contributed by atoms with van der Waals surface area (Å²) in [4.78, 5) is 0. The molecule has 0 saturated heterocycles. The van der Waals surface area contributed by atoms with Gasteiger partial charge < -0.3 is 5.73 Å². The molecule has 0 radical (unpaired) electrons. The Morgan fingerprint density at radius 2 is 1.52 bits per heavy atom. The van der Waals surface area contributed by atoms with Crippen LogP contribution in [0.2, 0.25) is 0 Å². The Kier molecular flexibility index (Phi) is 9.79. The van der Waals surface area contributed by atoms with E-state index in [1.807, 2.05) is 12.1 Å². The fraction of sp³-hybridized carbons (Fsp3) is 0.609. The van der Waals surface area contributed by atoms with Gasteiger partial charge in [-0.05, 0) is 30.4 Å². The predicted molar refractivity (Wildman–Crippen MR) is 108 cm³/mol. The molecule has 0 atom stereocenters. The summed E-state index contributed by atoms with van der Waals surface area (Å²) in [7, 11) is 0. The lowest BCUT2D eigenvalue weighted by Gasteiger charge is -2.17. The van der Waals surface area contributed by atoms with Crippen molar-refractivity contribution in [2.45, 2.75) is 85.0 Å². The number of nitrogens with zero attached hydrogens (tertiary/aromatic N) is 1. The van der Waals surface area contributed by atoms with Gasteiger partial charge in [0.1, 0.15) is 6.07 Å². The van der Waals surface area contributed by atoms with Crippen LogP contribution in [0.4, 0.5) is 5.69 Å². The average Bonchev–Trinajstić information content (AvgIpc) is 2.55. The molecule has 1 aromatic rings. The average molecular weight is 339 g/mol. The number of hydrogen-bond acceptors (Lipinski definition) is 2. The molecular formula is C23H34N2. The van der Waals surface area contributed by atoms with Crippen LogP contribution in [0.1, 0.15) is 96.1 Å². The lowest BCUT2D eigenvalue weighted by molar-refractivity contribution is 0.356. The first-order valence-corrected chi connectivity index (χ1v) is 9.71. The summed E-state index contributed by atoms with van der Waals surface area (Å²) in [5.41, 5.74) is 8.04. The van der Waals surface area contributed by atoms with Gasteiger partial charge in [-0.2, -0.15) is 5.26 Å². The topological polar surface area (TPSA) is 49.8 Å². The number of rotatable bonds is 9. The Labute approximate surface area is 154 Å². The molecule has 0 aromatic heterocycles. The van der Waals surface area contributed by atoms with Gasteiger partial charge in [0, 0.05) is 12.0 Å². The lowest BCUT2D eigenvalue weighted by Crippen LogP contribution is -2.03. The summed E-state index contributed by atoms with van der Waals surface area (Å²) < 4.78 is 0. The predicted octanol–water partition coefficient (Wildman–Crippen LogP) is 6.44. The smallest absolute Gasteiger partial charge is 0.103 e. The van der Waals surface area contributed by atoms with Gasteiger partial charge in [-0.15, -0.1) is 0 Å². The molecule has 0 unspecified atom stereocenters. The summed E-state index contributed by atoms with van der Waals surface area (Å²) in [6, 6.07) is 7.59. The maximum Gasteiger partial charge on any atom is 0.103 e. The van der Waals surface area contributed by atoms with Crippen molar-refractivity contribution in [3.8, 4) is 17.9 Å². The van der Waals surface area contributed by atoms with Crippen molar-refractivity contribution in [2.24, 2.45) is 5.41 Å². The minimum Gasteiger partial charge on any atom is -0.398 e. The first-order chi connectivity index (χ1) is 11.9. The summed E-state index contributed by atoms with van der Waals surface area (Å²) in [5, 5.41) is 9.12. The summed E-state index contributed by atoms with van der Waals surface area (Å²) in [6.45, 7) is 6.97. The Hall–Kier alpha value is -1.93. The van der Waals surface area contributed by atoms with Crippen LogP contribution in [0.3, 0.4) is 0 Å². The SMILES string of the molecule is CC(C)(C)CCCCCCCCCCC#Cc1cccc(N)c1C#N. The number of nitrogens with two attached hydrogens (primary N) is 1. The van der Waals surface area contributed by atoms with E-state index in [-0.39, 0.29) is 0 Å². The highest BCUT2D eigenvalue weighted by molar-refractivity contribution is 5.62. The molecule has 1 aromatic carbocycles. The van der Waals surface area contributed by atoms with Crippen LogP contribution in [0.25, 0.3) is 0 Å². The highest BCUT2D eigenvalue weighted by Gasteiger charge is 2.08. The van der Waals surface area contributed by atoms with Gasteiger partial charge in [-0.25, -0.2) is 0 Å². The third-order valence-corrected chi connectivity index (χ3v) is 4.41. The van der Waals surface area contributed by atoms with Gasteiger partial charge in [0.2, 0.25) is 0 Å². The highest BCUT2D eigenvalue weighted by atomic mass is 14.6. The fourth-order valence-electron chi connectivity index (χ4n) is 2.89. The molecule has 0 fully saturated rings. The molecule has 0 saturated carbocycles. The first-order valence-electron chi connectivity index (χ1n) is 9.71. The van der Waals surface area contributed by atoms with Crippen LogP contribution in [-0.4, -0.2) is 0 Å². The molecule has 1 rings (SSSR count). The second-order valence-electron chi connectivity index (χ2n) is 8.07. The molecule has 2 heteroatoms. The van der Waals surface area contributed by atoms with E-state index in [2.05, 4.69) is 38.7 Å². The van der Waals surface area contributed by atoms with Crippen LogP contribution < -0.4 is 5.73 Å². The van der Waals surface area contributed by atoms with Crippen molar-refractivity contribution >= 4 is 5.69 Å². The van der Waals surface area contributed by atoms with Crippen LogP contribution in [0.15, 0.2) is 18.2 Å². The maximum atomic E-state index is 9.12. The molecule has 0 aliphatic carbocycles. The monoisotopic (exact) mass is 338 g/mol. The zero-order chi connectivity index (χ0) is 18.5. The van der Waals surface area contributed by atoms with Crippen molar-refractivity contribution in [3.05, 3.63) is 29.3 Å². The highest BCUT2D eigenvalue weighted by Crippen LogP contribution is 2.22. The zero-order valence-electron chi connectivity index (χ0n) is 16.3. The Balaban J connectivity index is 2.07. The maximum absolute atomic E-state index is 9.12. The van der Waals surface area contributed by atoms with E-state index in [1.54, 1.807) is 6.07 Å².